The number of amides is 1. The van der Waals surface area contributed by atoms with Crippen LogP contribution in [0.25, 0.3) is 0 Å². The molecule has 1 unspecified atom stereocenters. The Morgan fingerprint density at radius 3 is 2.30 bits per heavy atom. The summed E-state index contributed by atoms with van der Waals surface area (Å²) in [6, 6.07) is 0. The highest BCUT2D eigenvalue weighted by molar-refractivity contribution is 7.92. The van der Waals surface area contributed by atoms with Crippen molar-refractivity contribution < 1.29 is 13.2 Å². The molecule has 0 saturated carbocycles. The first-order valence-corrected chi connectivity index (χ1v) is 10.8. The van der Waals surface area contributed by atoms with Gasteiger partial charge in [0.1, 0.15) is 0 Å². The number of carbonyl (C=O) groups excluding carboxylic acids is 1. The molecule has 0 radical (unpaired) electrons. The van der Waals surface area contributed by atoms with E-state index in [1.807, 2.05) is 0 Å². The summed E-state index contributed by atoms with van der Waals surface area (Å²) in [5.74, 6) is -0.263. The molecule has 0 spiro atoms. The van der Waals surface area contributed by atoms with Crippen molar-refractivity contribution in [1.29, 1.82) is 0 Å². The molecule has 1 rings (SSSR count). The third-order valence-corrected chi connectivity index (χ3v) is 7.65. The van der Waals surface area contributed by atoms with E-state index < -0.39 is 9.84 Å². The van der Waals surface area contributed by atoms with E-state index in [4.69, 9.17) is 5.73 Å². The Balaban J connectivity index is 2.50. The van der Waals surface area contributed by atoms with Gasteiger partial charge >= 0.3 is 0 Å². The van der Waals surface area contributed by atoms with Crippen LogP contribution < -0.4 is 5.73 Å². The Morgan fingerprint density at radius 2 is 1.78 bits per heavy atom. The molecule has 2 N–H and O–H groups in total. The molecule has 1 saturated heterocycles. The molecule has 0 aromatic heterocycles. The van der Waals surface area contributed by atoms with Crippen molar-refractivity contribution in [1.82, 2.24) is 4.90 Å². The van der Waals surface area contributed by atoms with Crippen LogP contribution in [0.3, 0.4) is 0 Å². The highest BCUT2D eigenvalue weighted by Gasteiger charge is 2.35. The van der Waals surface area contributed by atoms with E-state index >= 15 is 0 Å². The van der Waals surface area contributed by atoms with Crippen molar-refractivity contribution in [2.24, 2.45) is 5.73 Å². The summed E-state index contributed by atoms with van der Waals surface area (Å²) in [6.45, 7) is 6.64. The molecular weight excluding hydrogens is 312 g/mol. The lowest BCUT2D eigenvalue weighted by atomic mass is 10.1. The summed E-state index contributed by atoms with van der Waals surface area (Å²) in [5, 5.41) is -0.331. The van der Waals surface area contributed by atoms with Gasteiger partial charge in [-0.1, -0.05) is 33.1 Å². The molecule has 0 aromatic rings. The van der Waals surface area contributed by atoms with Gasteiger partial charge in [0.05, 0.1) is 10.5 Å². The summed E-state index contributed by atoms with van der Waals surface area (Å²) < 4.78 is 25.8. The fraction of sp³-hybridized carbons (Fsp3) is 0.941. The third kappa shape index (κ3) is 6.79. The van der Waals surface area contributed by atoms with Gasteiger partial charge in [0, 0.05) is 6.42 Å². The van der Waals surface area contributed by atoms with Crippen LogP contribution in [0, 0.1) is 0 Å². The van der Waals surface area contributed by atoms with Gasteiger partial charge in [-0.3, -0.25) is 4.79 Å². The molecule has 1 atom stereocenters. The molecule has 0 aromatic carbocycles. The molecule has 1 amide bonds. The molecule has 1 aliphatic heterocycles. The predicted molar refractivity (Wildman–Crippen MR) is 95.0 cm³/mol. The van der Waals surface area contributed by atoms with E-state index in [1.54, 1.807) is 0 Å². The number of hydrogen-bond donors (Lipinski definition) is 1. The molecule has 0 aliphatic carbocycles. The lowest BCUT2D eigenvalue weighted by Crippen LogP contribution is -2.42. The summed E-state index contributed by atoms with van der Waals surface area (Å²) in [4.78, 5) is 13.0. The second kappa shape index (κ2) is 10.3. The van der Waals surface area contributed by atoms with Crippen molar-refractivity contribution >= 4 is 15.7 Å². The quantitative estimate of drug-likeness (QED) is 0.623. The number of sulfone groups is 1. The fourth-order valence-electron chi connectivity index (χ4n) is 3.44. The van der Waals surface area contributed by atoms with Gasteiger partial charge in [-0.25, -0.2) is 8.42 Å². The van der Waals surface area contributed by atoms with Gasteiger partial charge in [0.2, 0.25) is 5.91 Å². The first kappa shape index (κ1) is 20.4. The molecule has 6 heteroatoms. The van der Waals surface area contributed by atoms with Crippen LogP contribution in [0.4, 0.5) is 0 Å². The number of rotatable bonds is 11. The second-order valence-corrected chi connectivity index (χ2v) is 9.26. The minimum atomic E-state index is -3.02. The number of nitrogens with two attached hydrogens (primary N) is 1. The lowest BCUT2D eigenvalue weighted by Gasteiger charge is -2.33. The number of nitrogens with zero attached hydrogens (tertiary/aromatic N) is 1. The van der Waals surface area contributed by atoms with Crippen LogP contribution in [0.5, 0.6) is 0 Å². The van der Waals surface area contributed by atoms with Gasteiger partial charge in [-0.2, -0.15) is 0 Å². The average Bonchev–Trinajstić information content (AvgIpc) is 2.51. The van der Waals surface area contributed by atoms with E-state index in [0.29, 0.717) is 6.42 Å². The maximum Gasteiger partial charge on any atom is 0.217 e. The van der Waals surface area contributed by atoms with Gasteiger partial charge in [-0.05, 0) is 51.7 Å². The minimum Gasteiger partial charge on any atom is -0.370 e. The average molecular weight is 347 g/mol. The number of primary amides is 1. The molecule has 1 heterocycles. The van der Waals surface area contributed by atoms with E-state index in [0.717, 1.165) is 71.0 Å². The molecule has 136 valence electrons. The largest absolute Gasteiger partial charge is 0.370 e. The molecule has 5 nitrogen and oxygen atoms in total. The van der Waals surface area contributed by atoms with Gasteiger partial charge in [0.15, 0.2) is 9.84 Å². The van der Waals surface area contributed by atoms with Crippen LogP contribution in [0.15, 0.2) is 0 Å². The van der Waals surface area contributed by atoms with Gasteiger partial charge in [0.25, 0.3) is 0 Å². The van der Waals surface area contributed by atoms with Crippen molar-refractivity contribution in [2.45, 2.75) is 82.1 Å². The standard InChI is InChI=1S/C17H34N2O3S/c1-3-5-8-15(7-4-2)23(21,22)16-10-13-19(14-11-16)12-6-9-17(18)20/h15-16H,3-14H2,1-2H3,(H2,18,20). The Hall–Kier alpha value is -0.620. The van der Waals surface area contributed by atoms with E-state index in [-0.39, 0.29) is 16.4 Å². The Bertz CT molecular complexity index is 443. The molecule has 23 heavy (non-hydrogen) atoms. The number of unbranched alkanes of at least 4 members (excludes halogenated alkanes) is 1. The summed E-state index contributed by atoms with van der Waals surface area (Å²) >= 11 is 0. The smallest absolute Gasteiger partial charge is 0.217 e. The summed E-state index contributed by atoms with van der Waals surface area (Å²) in [6.07, 6.45) is 7.21. The maximum atomic E-state index is 12.9. The number of likely N-dealkylation sites (tertiary alicyclic amines) is 1. The summed E-state index contributed by atoms with van der Waals surface area (Å²) in [5.41, 5.74) is 5.15. The highest BCUT2D eigenvalue weighted by atomic mass is 32.2. The Labute approximate surface area is 141 Å². The van der Waals surface area contributed by atoms with Gasteiger partial charge in [-0.15, -0.1) is 0 Å². The Kier molecular flexibility index (Phi) is 9.14. The zero-order chi connectivity index (χ0) is 17.3. The van der Waals surface area contributed by atoms with Crippen LogP contribution in [0.2, 0.25) is 0 Å². The number of piperidine rings is 1. The van der Waals surface area contributed by atoms with Crippen LogP contribution in [0.1, 0.15) is 71.6 Å². The monoisotopic (exact) mass is 346 g/mol. The van der Waals surface area contributed by atoms with Crippen LogP contribution in [-0.2, 0) is 14.6 Å². The molecule has 1 aliphatic rings. The Morgan fingerprint density at radius 1 is 1.13 bits per heavy atom. The molecule has 1 fully saturated rings. The zero-order valence-corrected chi connectivity index (χ0v) is 15.6. The number of hydrogen-bond acceptors (Lipinski definition) is 4. The first-order chi connectivity index (χ1) is 10.9. The van der Waals surface area contributed by atoms with E-state index in [9.17, 15) is 13.2 Å². The SMILES string of the molecule is CCCCC(CCC)S(=O)(=O)C1CCN(CCCC(N)=O)CC1. The second-order valence-electron chi connectivity index (χ2n) is 6.75. The minimum absolute atomic E-state index is 0.154. The van der Waals surface area contributed by atoms with Crippen LogP contribution >= 0.6 is 0 Å². The zero-order valence-electron chi connectivity index (χ0n) is 14.8. The van der Waals surface area contributed by atoms with E-state index in [1.165, 1.54) is 0 Å². The van der Waals surface area contributed by atoms with Crippen LogP contribution in [-0.4, -0.2) is 49.4 Å². The highest BCUT2D eigenvalue weighted by Crippen LogP contribution is 2.26. The molecule has 0 bridgehead atoms. The topological polar surface area (TPSA) is 80.5 Å². The van der Waals surface area contributed by atoms with Crippen molar-refractivity contribution in [3.63, 3.8) is 0 Å². The predicted octanol–water partition coefficient (Wildman–Crippen LogP) is 2.49. The summed E-state index contributed by atoms with van der Waals surface area (Å²) in [7, 11) is -3.02. The lowest BCUT2D eigenvalue weighted by molar-refractivity contribution is -0.118. The normalized spacial score (nSPS) is 18.9. The van der Waals surface area contributed by atoms with Gasteiger partial charge < -0.3 is 10.6 Å². The van der Waals surface area contributed by atoms with E-state index in [2.05, 4.69) is 18.7 Å². The fourth-order valence-corrected chi connectivity index (χ4v) is 5.91. The number of carbonyl (C=O) groups is 1. The molecular formula is C17H34N2O3S. The van der Waals surface area contributed by atoms with Crippen molar-refractivity contribution in [3.05, 3.63) is 0 Å². The maximum absolute atomic E-state index is 12.9. The van der Waals surface area contributed by atoms with Crippen molar-refractivity contribution in [2.75, 3.05) is 19.6 Å². The first-order valence-electron chi connectivity index (χ1n) is 9.15. The van der Waals surface area contributed by atoms with Crippen molar-refractivity contribution in [3.8, 4) is 0 Å². The third-order valence-electron chi connectivity index (χ3n) is 4.85.